The second kappa shape index (κ2) is 8.65. The molecule has 172 valence electrons. The molecular weight excluding hydrogens is 436 g/mol. The number of aromatic amines is 4. The third-order valence-electron chi connectivity index (χ3n) is 6.33. The zero-order valence-electron chi connectivity index (χ0n) is 19.6. The number of ether oxygens (including phenoxy) is 2. The Balaban J connectivity index is 1.27. The number of aromatic nitrogens is 4. The van der Waals surface area contributed by atoms with Gasteiger partial charge in [0.1, 0.15) is 11.5 Å². The number of hydrogen-bond donors (Lipinski definition) is 2. The highest BCUT2D eigenvalue weighted by Gasteiger charge is 2.15. The maximum Gasteiger partial charge on any atom is 0.285 e. The summed E-state index contributed by atoms with van der Waals surface area (Å²) in [4.78, 5) is 14.0. The van der Waals surface area contributed by atoms with Crippen molar-refractivity contribution in [1.29, 1.82) is 0 Å². The van der Waals surface area contributed by atoms with Crippen LogP contribution < -0.4 is 19.4 Å². The van der Waals surface area contributed by atoms with Crippen LogP contribution in [0, 0.1) is 0 Å². The van der Waals surface area contributed by atoms with Crippen molar-refractivity contribution in [1.82, 2.24) is 9.97 Å². The Hall–Kier alpha value is -4.58. The molecule has 2 heterocycles. The van der Waals surface area contributed by atoms with Gasteiger partial charge in [-0.3, -0.25) is 0 Å². The molecule has 0 radical (unpaired) electrons. The molecule has 0 amide bonds. The van der Waals surface area contributed by atoms with Crippen molar-refractivity contribution in [3.05, 3.63) is 96.1 Å². The van der Waals surface area contributed by atoms with Crippen molar-refractivity contribution in [3.8, 4) is 34.3 Å². The molecule has 0 saturated carbocycles. The Morgan fingerprint density at radius 1 is 0.600 bits per heavy atom. The number of nitrogens with one attached hydrogen (secondary N) is 4. The largest absolute Gasteiger partial charge is 0.497 e. The van der Waals surface area contributed by atoms with E-state index in [4.69, 9.17) is 9.47 Å². The lowest BCUT2D eigenvalue weighted by atomic mass is 10.0. The summed E-state index contributed by atoms with van der Waals surface area (Å²) in [6, 6.07) is 29.1. The van der Waals surface area contributed by atoms with Gasteiger partial charge in [-0.15, -0.1) is 0 Å². The Morgan fingerprint density at radius 2 is 1.09 bits per heavy atom. The van der Waals surface area contributed by atoms with Crippen molar-refractivity contribution >= 4 is 22.1 Å². The van der Waals surface area contributed by atoms with Gasteiger partial charge in [0.15, 0.2) is 22.1 Å². The first-order valence-corrected chi connectivity index (χ1v) is 11.6. The highest BCUT2D eigenvalue weighted by molar-refractivity contribution is 5.77. The number of fused-ring (bicyclic) bond motifs is 2. The van der Waals surface area contributed by atoms with Crippen molar-refractivity contribution in [2.75, 3.05) is 14.2 Å². The summed E-state index contributed by atoms with van der Waals surface area (Å²) < 4.78 is 10.7. The van der Waals surface area contributed by atoms with E-state index in [1.807, 2.05) is 36.4 Å². The van der Waals surface area contributed by atoms with Crippen LogP contribution in [0.5, 0.6) is 11.5 Å². The molecule has 6 rings (SSSR count). The molecule has 6 nitrogen and oxygen atoms in total. The molecule has 0 unspecified atom stereocenters. The third-order valence-corrected chi connectivity index (χ3v) is 6.33. The van der Waals surface area contributed by atoms with E-state index in [0.29, 0.717) is 0 Å². The molecule has 0 aliphatic rings. The lowest BCUT2D eigenvalue weighted by molar-refractivity contribution is -0.331. The van der Waals surface area contributed by atoms with Gasteiger partial charge in [-0.1, -0.05) is 24.3 Å². The van der Waals surface area contributed by atoms with Crippen LogP contribution in [0.15, 0.2) is 84.9 Å². The van der Waals surface area contributed by atoms with Crippen molar-refractivity contribution < 1.29 is 19.4 Å². The minimum Gasteiger partial charge on any atom is -0.497 e. The van der Waals surface area contributed by atoms with Gasteiger partial charge in [0.25, 0.3) is 11.6 Å². The Bertz CT molecular complexity index is 1540. The van der Waals surface area contributed by atoms with Crippen LogP contribution in [0.25, 0.3) is 44.8 Å². The molecule has 2 aromatic heterocycles. The summed E-state index contributed by atoms with van der Waals surface area (Å²) in [7, 11) is 3.37. The van der Waals surface area contributed by atoms with Crippen LogP contribution in [0.1, 0.15) is 11.1 Å². The maximum absolute atomic E-state index is 5.37. The average molecular weight is 463 g/mol. The summed E-state index contributed by atoms with van der Waals surface area (Å²) in [6.45, 7) is 0. The first kappa shape index (κ1) is 21.0. The first-order valence-electron chi connectivity index (χ1n) is 11.6. The van der Waals surface area contributed by atoms with Crippen LogP contribution in [0.3, 0.4) is 0 Å². The fourth-order valence-electron chi connectivity index (χ4n) is 4.51. The summed E-state index contributed by atoms with van der Waals surface area (Å²) in [5.41, 5.74) is 8.91. The molecule has 4 N–H and O–H groups in total. The van der Waals surface area contributed by atoms with Gasteiger partial charge in [-0.25, -0.2) is 19.9 Å². The zero-order valence-corrected chi connectivity index (χ0v) is 19.6. The third kappa shape index (κ3) is 4.10. The summed E-state index contributed by atoms with van der Waals surface area (Å²) in [5.74, 6) is 3.59. The summed E-state index contributed by atoms with van der Waals surface area (Å²) in [5, 5.41) is 0. The van der Waals surface area contributed by atoms with E-state index in [0.717, 1.165) is 62.8 Å². The highest BCUT2D eigenvalue weighted by Crippen LogP contribution is 2.24. The predicted molar refractivity (Wildman–Crippen MR) is 136 cm³/mol. The normalized spacial score (nSPS) is 11.3. The quantitative estimate of drug-likeness (QED) is 0.356. The van der Waals surface area contributed by atoms with Gasteiger partial charge < -0.3 is 9.47 Å². The van der Waals surface area contributed by atoms with Gasteiger partial charge in [0.2, 0.25) is 0 Å². The molecular formula is C29H26N4O2+2. The fraction of sp³-hybridized carbons (Fsp3) is 0.103. The molecule has 0 spiro atoms. The lowest BCUT2D eigenvalue weighted by Gasteiger charge is -2.00. The predicted octanol–water partition coefficient (Wildman–Crippen LogP) is 5.22. The second-order valence-electron chi connectivity index (χ2n) is 8.65. The SMILES string of the molecule is COc1cccc(-c2[nH]c3cc(Cc4ccc5[nH+]c(-c6cccc(OC)c6)[nH]c5c4)ccc3[nH+]2)c1. The minimum atomic E-state index is 0.835. The Morgan fingerprint density at radius 3 is 1.54 bits per heavy atom. The fourth-order valence-corrected chi connectivity index (χ4v) is 4.51. The van der Waals surface area contributed by atoms with Crippen LogP contribution >= 0.6 is 0 Å². The van der Waals surface area contributed by atoms with Crippen molar-refractivity contribution in [3.63, 3.8) is 0 Å². The maximum atomic E-state index is 5.37. The van der Waals surface area contributed by atoms with Crippen LogP contribution in [-0.2, 0) is 6.42 Å². The number of hydrogen-bond acceptors (Lipinski definition) is 2. The molecule has 0 saturated heterocycles. The van der Waals surface area contributed by atoms with Crippen LogP contribution in [0.2, 0.25) is 0 Å². The molecule has 35 heavy (non-hydrogen) atoms. The molecule has 0 bridgehead atoms. The Labute approximate surface area is 202 Å². The molecule has 0 atom stereocenters. The number of benzene rings is 4. The van der Waals surface area contributed by atoms with Gasteiger partial charge in [-0.2, -0.15) is 0 Å². The molecule has 0 aliphatic heterocycles. The van der Waals surface area contributed by atoms with E-state index in [-0.39, 0.29) is 0 Å². The van der Waals surface area contributed by atoms with Crippen LogP contribution in [-0.4, -0.2) is 24.2 Å². The lowest BCUT2D eigenvalue weighted by Crippen LogP contribution is -2.02. The second-order valence-corrected chi connectivity index (χ2v) is 8.65. The molecule has 4 aromatic carbocycles. The molecule has 0 fully saturated rings. The van der Waals surface area contributed by atoms with Gasteiger partial charge in [0.05, 0.1) is 25.3 Å². The van der Waals surface area contributed by atoms with Gasteiger partial charge >= 0.3 is 0 Å². The van der Waals surface area contributed by atoms with Crippen LogP contribution in [0.4, 0.5) is 0 Å². The number of methoxy groups -OCH3 is 2. The zero-order chi connectivity index (χ0) is 23.8. The molecule has 6 heteroatoms. The minimum absolute atomic E-state index is 0.835. The summed E-state index contributed by atoms with van der Waals surface area (Å²) >= 11 is 0. The van der Waals surface area contributed by atoms with E-state index in [1.54, 1.807) is 14.2 Å². The smallest absolute Gasteiger partial charge is 0.285 e. The number of H-pyrrole nitrogens is 4. The molecule has 6 aromatic rings. The van der Waals surface area contributed by atoms with E-state index in [1.165, 1.54) is 11.1 Å². The van der Waals surface area contributed by atoms with Crippen molar-refractivity contribution in [2.24, 2.45) is 0 Å². The summed E-state index contributed by atoms with van der Waals surface area (Å²) in [6.07, 6.45) is 0.840. The van der Waals surface area contributed by atoms with Gasteiger partial charge in [0, 0.05) is 0 Å². The van der Waals surface area contributed by atoms with E-state index < -0.39 is 0 Å². The Kier molecular flexibility index (Phi) is 5.19. The van der Waals surface area contributed by atoms with E-state index >= 15 is 0 Å². The van der Waals surface area contributed by atoms with E-state index in [9.17, 15) is 0 Å². The highest BCUT2D eigenvalue weighted by atomic mass is 16.5. The number of imidazole rings is 2. The van der Waals surface area contributed by atoms with Crippen molar-refractivity contribution in [2.45, 2.75) is 6.42 Å². The first-order chi connectivity index (χ1) is 17.2. The topological polar surface area (TPSA) is 78.3 Å². The van der Waals surface area contributed by atoms with Gasteiger partial charge in [-0.05, 0) is 78.2 Å². The monoisotopic (exact) mass is 462 g/mol. The standard InChI is InChI=1S/C29H24N4O2/c1-34-22-7-3-5-20(16-22)28-30-24-11-9-18(14-26(24)32-28)13-19-10-12-25-27(15-19)33-29(31-25)21-6-4-8-23(17-21)35-2/h3-12,14-17H,13H2,1-2H3,(H,30,32)(H,31,33)/p+2. The number of rotatable bonds is 6. The van der Waals surface area contributed by atoms with E-state index in [2.05, 4.69) is 68.5 Å². The molecule has 0 aliphatic carbocycles. The average Bonchev–Trinajstić information content (AvgIpc) is 3.52.